The van der Waals surface area contributed by atoms with E-state index in [2.05, 4.69) is 29.1 Å². The molecule has 2 aromatic rings. The first-order chi connectivity index (χ1) is 8.77. The van der Waals surface area contributed by atoms with Crippen LogP contribution in [0.2, 0.25) is 0 Å². The lowest BCUT2D eigenvalue weighted by Gasteiger charge is -2.08. The average Bonchev–Trinajstić information content (AvgIpc) is 2.82. The van der Waals surface area contributed by atoms with Crippen molar-refractivity contribution in [1.29, 1.82) is 0 Å². The molecule has 0 amide bonds. The SMILES string of the molecule is CC(C)COCCCNc1ncnc2ccsc12. The summed E-state index contributed by atoms with van der Waals surface area (Å²) in [6, 6.07) is 2.01. The summed E-state index contributed by atoms with van der Waals surface area (Å²) in [7, 11) is 0. The fraction of sp³-hybridized carbons (Fsp3) is 0.538. The largest absolute Gasteiger partial charge is 0.381 e. The molecule has 0 saturated heterocycles. The number of fused-ring (bicyclic) bond motifs is 1. The molecule has 0 aliphatic heterocycles. The molecule has 0 radical (unpaired) electrons. The molecule has 2 aromatic heterocycles. The lowest BCUT2D eigenvalue weighted by molar-refractivity contribution is 0.110. The zero-order chi connectivity index (χ0) is 12.8. The Hall–Kier alpha value is -1.20. The number of aromatic nitrogens is 2. The van der Waals surface area contributed by atoms with E-state index in [0.29, 0.717) is 5.92 Å². The number of hydrogen-bond acceptors (Lipinski definition) is 5. The van der Waals surface area contributed by atoms with E-state index in [1.54, 1.807) is 17.7 Å². The van der Waals surface area contributed by atoms with E-state index in [-0.39, 0.29) is 0 Å². The summed E-state index contributed by atoms with van der Waals surface area (Å²) in [6.45, 7) is 6.83. The minimum absolute atomic E-state index is 0.602. The topological polar surface area (TPSA) is 47.0 Å². The Morgan fingerprint density at radius 1 is 1.39 bits per heavy atom. The average molecular weight is 265 g/mol. The smallest absolute Gasteiger partial charge is 0.147 e. The molecule has 2 heterocycles. The number of anilines is 1. The Morgan fingerprint density at radius 2 is 2.28 bits per heavy atom. The second-order valence-corrected chi connectivity index (χ2v) is 5.52. The van der Waals surface area contributed by atoms with E-state index in [0.717, 1.165) is 42.2 Å². The normalized spacial score (nSPS) is 11.3. The number of thiophene rings is 1. The monoisotopic (exact) mass is 265 g/mol. The maximum absolute atomic E-state index is 5.54. The van der Waals surface area contributed by atoms with Crippen LogP contribution in [0.3, 0.4) is 0 Å². The third-order valence-corrected chi connectivity index (χ3v) is 3.36. The van der Waals surface area contributed by atoms with Gasteiger partial charge in [0.2, 0.25) is 0 Å². The van der Waals surface area contributed by atoms with Gasteiger partial charge in [0.1, 0.15) is 12.1 Å². The Morgan fingerprint density at radius 3 is 3.11 bits per heavy atom. The quantitative estimate of drug-likeness (QED) is 0.781. The van der Waals surface area contributed by atoms with Crippen molar-refractivity contribution in [3.8, 4) is 0 Å². The Labute approximate surface area is 111 Å². The van der Waals surface area contributed by atoms with Gasteiger partial charge < -0.3 is 10.1 Å². The van der Waals surface area contributed by atoms with Crippen LogP contribution in [-0.4, -0.2) is 29.7 Å². The van der Waals surface area contributed by atoms with Crippen molar-refractivity contribution in [2.75, 3.05) is 25.1 Å². The van der Waals surface area contributed by atoms with Gasteiger partial charge in [0.05, 0.1) is 10.2 Å². The number of nitrogens with zero attached hydrogens (tertiary/aromatic N) is 2. The van der Waals surface area contributed by atoms with Gasteiger partial charge in [0, 0.05) is 19.8 Å². The van der Waals surface area contributed by atoms with Gasteiger partial charge in [0.25, 0.3) is 0 Å². The lowest BCUT2D eigenvalue weighted by Crippen LogP contribution is -2.09. The molecule has 0 spiro atoms. The van der Waals surface area contributed by atoms with Crippen molar-refractivity contribution in [2.45, 2.75) is 20.3 Å². The molecule has 0 bridgehead atoms. The van der Waals surface area contributed by atoms with Crippen molar-refractivity contribution < 1.29 is 4.74 Å². The minimum Gasteiger partial charge on any atom is -0.381 e. The second kappa shape index (κ2) is 6.66. The molecule has 2 rings (SSSR count). The lowest BCUT2D eigenvalue weighted by atomic mass is 10.2. The molecule has 0 aliphatic rings. The summed E-state index contributed by atoms with van der Waals surface area (Å²) in [5, 5.41) is 5.38. The Balaban J connectivity index is 1.75. The van der Waals surface area contributed by atoms with E-state index in [4.69, 9.17) is 4.74 Å². The maximum atomic E-state index is 5.54. The predicted molar refractivity (Wildman–Crippen MR) is 76.2 cm³/mol. The van der Waals surface area contributed by atoms with Crippen molar-refractivity contribution in [2.24, 2.45) is 5.92 Å². The standard InChI is InChI=1S/C13H19N3OS/c1-10(2)8-17-6-3-5-14-13-12-11(4-7-18-12)15-9-16-13/h4,7,9-10H,3,5-6,8H2,1-2H3,(H,14,15,16). The fourth-order valence-electron chi connectivity index (χ4n) is 1.61. The molecule has 0 aliphatic carbocycles. The zero-order valence-corrected chi connectivity index (χ0v) is 11.7. The Kier molecular flexibility index (Phi) is 4.90. The highest BCUT2D eigenvalue weighted by Gasteiger charge is 2.03. The van der Waals surface area contributed by atoms with Crippen LogP contribution >= 0.6 is 11.3 Å². The fourth-order valence-corrected chi connectivity index (χ4v) is 2.43. The van der Waals surface area contributed by atoms with E-state index < -0.39 is 0 Å². The van der Waals surface area contributed by atoms with E-state index in [1.165, 1.54) is 0 Å². The molecule has 98 valence electrons. The number of ether oxygens (including phenoxy) is 1. The summed E-state index contributed by atoms with van der Waals surface area (Å²) in [6.07, 6.45) is 2.59. The first kappa shape index (κ1) is 13.2. The van der Waals surface area contributed by atoms with Crippen LogP contribution in [0.25, 0.3) is 10.2 Å². The van der Waals surface area contributed by atoms with Crippen LogP contribution in [0.1, 0.15) is 20.3 Å². The second-order valence-electron chi connectivity index (χ2n) is 4.61. The summed E-state index contributed by atoms with van der Waals surface area (Å²) < 4.78 is 6.66. The number of hydrogen-bond donors (Lipinski definition) is 1. The van der Waals surface area contributed by atoms with Crippen molar-refractivity contribution in [1.82, 2.24) is 9.97 Å². The summed E-state index contributed by atoms with van der Waals surface area (Å²) >= 11 is 1.67. The molecule has 18 heavy (non-hydrogen) atoms. The van der Waals surface area contributed by atoms with Crippen LogP contribution < -0.4 is 5.32 Å². The van der Waals surface area contributed by atoms with Gasteiger partial charge >= 0.3 is 0 Å². The van der Waals surface area contributed by atoms with E-state index >= 15 is 0 Å². The molecule has 5 heteroatoms. The van der Waals surface area contributed by atoms with Crippen LogP contribution in [0.5, 0.6) is 0 Å². The third-order valence-electron chi connectivity index (χ3n) is 2.45. The zero-order valence-electron chi connectivity index (χ0n) is 10.8. The van der Waals surface area contributed by atoms with Gasteiger partial charge in [-0.1, -0.05) is 13.8 Å². The van der Waals surface area contributed by atoms with Gasteiger partial charge in [-0.15, -0.1) is 11.3 Å². The predicted octanol–water partition coefficient (Wildman–Crippen LogP) is 3.17. The minimum atomic E-state index is 0.602. The first-order valence-corrected chi connectivity index (χ1v) is 7.15. The molecule has 0 fully saturated rings. The highest BCUT2D eigenvalue weighted by Crippen LogP contribution is 2.24. The Bertz CT molecular complexity index is 484. The molecule has 4 nitrogen and oxygen atoms in total. The number of rotatable bonds is 7. The van der Waals surface area contributed by atoms with Crippen molar-refractivity contribution in [3.05, 3.63) is 17.8 Å². The summed E-state index contributed by atoms with van der Waals surface area (Å²) in [5.74, 6) is 1.53. The highest BCUT2D eigenvalue weighted by atomic mass is 32.1. The molecular weight excluding hydrogens is 246 g/mol. The van der Waals surface area contributed by atoms with Gasteiger partial charge in [-0.3, -0.25) is 0 Å². The van der Waals surface area contributed by atoms with Crippen LogP contribution in [-0.2, 0) is 4.74 Å². The van der Waals surface area contributed by atoms with Gasteiger partial charge in [0.15, 0.2) is 0 Å². The van der Waals surface area contributed by atoms with Gasteiger partial charge in [-0.05, 0) is 23.8 Å². The molecule has 0 atom stereocenters. The first-order valence-electron chi connectivity index (χ1n) is 6.27. The van der Waals surface area contributed by atoms with E-state index in [1.807, 2.05) is 11.4 Å². The van der Waals surface area contributed by atoms with Gasteiger partial charge in [-0.25, -0.2) is 9.97 Å². The third kappa shape index (κ3) is 3.65. The summed E-state index contributed by atoms with van der Waals surface area (Å²) in [5.41, 5.74) is 1.01. The molecule has 1 N–H and O–H groups in total. The molecule has 0 saturated carbocycles. The molecule has 0 aromatic carbocycles. The van der Waals surface area contributed by atoms with Crippen LogP contribution in [0.15, 0.2) is 17.8 Å². The maximum Gasteiger partial charge on any atom is 0.147 e. The molecular formula is C13H19N3OS. The van der Waals surface area contributed by atoms with Crippen LogP contribution in [0, 0.1) is 5.92 Å². The number of nitrogens with one attached hydrogen (secondary N) is 1. The van der Waals surface area contributed by atoms with E-state index in [9.17, 15) is 0 Å². The van der Waals surface area contributed by atoms with Gasteiger partial charge in [-0.2, -0.15) is 0 Å². The molecule has 0 unspecified atom stereocenters. The highest BCUT2D eigenvalue weighted by molar-refractivity contribution is 7.17. The van der Waals surface area contributed by atoms with Crippen LogP contribution in [0.4, 0.5) is 5.82 Å². The summed E-state index contributed by atoms with van der Waals surface area (Å²) in [4.78, 5) is 8.49. The van der Waals surface area contributed by atoms with Crippen molar-refractivity contribution >= 4 is 27.4 Å². The van der Waals surface area contributed by atoms with Crippen molar-refractivity contribution in [3.63, 3.8) is 0 Å².